The highest BCUT2D eigenvalue weighted by atomic mass is 35.5. The van der Waals surface area contributed by atoms with Gasteiger partial charge in [-0.15, -0.1) is 0 Å². The zero-order chi connectivity index (χ0) is 32.7. The van der Waals surface area contributed by atoms with Crippen molar-refractivity contribution in [3.05, 3.63) is 193 Å². The monoisotopic (exact) mass is 646 g/mol. The van der Waals surface area contributed by atoms with E-state index in [0.717, 1.165) is 39.4 Å². The molecule has 3 heteroatoms. The Balaban J connectivity index is 1.22. The maximum Gasteiger partial charge on any atom is 0.0619 e. The predicted octanol–water partition coefficient (Wildman–Crippen LogP) is 13.4. The molecule has 0 aliphatic carbocycles. The summed E-state index contributed by atoms with van der Waals surface area (Å²) in [5.74, 6) is 0. The van der Waals surface area contributed by atoms with Gasteiger partial charge < -0.3 is 9.47 Å². The van der Waals surface area contributed by atoms with Crippen molar-refractivity contribution < 1.29 is 0 Å². The van der Waals surface area contributed by atoms with Crippen LogP contribution in [-0.2, 0) is 0 Å². The summed E-state index contributed by atoms with van der Waals surface area (Å²) in [6.45, 7) is 0. The van der Waals surface area contributed by atoms with E-state index in [1.54, 1.807) is 0 Å². The van der Waals surface area contributed by atoms with E-state index in [-0.39, 0.29) is 0 Å². The van der Waals surface area contributed by atoms with Crippen LogP contribution in [0.2, 0.25) is 5.02 Å². The second-order valence-electron chi connectivity index (χ2n) is 12.4. The molecule has 0 N–H and O–H groups in total. The summed E-state index contributed by atoms with van der Waals surface area (Å²) in [4.78, 5) is 2.27. The average molecular weight is 647 g/mol. The predicted molar refractivity (Wildman–Crippen MR) is 209 cm³/mol. The van der Waals surface area contributed by atoms with Crippen LogP contribution >= 0.6 is 11.6 Å². The normalized spacial score (nSPS) is 11.4. The van der Waals surface area contributed by atoms with Crippen molar-refractivity contribution >= 4 is 61.2 Å². The Bertz CT molecular complexity index is 2590. The summed E-state index contributed by atoms with van der Waals surface area (Å²) in [6, 6.07) is 66.7. The SMILES string of the molecule is Clc1cc(-c2ccc3c4ccc5ccccc5c4n(-c4ccccc4)c3c2)cc(N(c2ccccc2)c2ccc(-c3ccccc3)cc2)c1. The molecular weight excluding hydrogens is 616 g/mol. The van der Waals surface area contributed by atoms with Gasteiger partial charge in [-0.3, -0.25) is 0 Å². The molecule has 9 aromatic rings. The van der Waals surface area contributed by atoms with Crippen LogP contribution in [0, 0.1) is 0 Å². The number of hydrogen-bond donors (Lipinski definition) is 0. The van der Waals surface area contributed by atoms with E-state index in [9.17, 15) is 0 Å². The van der Waals surface area contributed by atoms with Crippen LogP contribution in [0.25, 0.3) is 60.5 Å². The Morgan fingerprint density at radius 2 is 1.00 bits per heavy atom. The first-order valence-electron chi connectivity index (χ1n) is 16.5. The molecule has 0 amide bonds. The van der Waals surface area contributed by atoms with Crippen LogP contribution in [-0.4, -0.2) is 4.57 Å². The van der Waals surface area contributed by atoms with Crippen molar-refractivity contribution in [2.45, 2.75) is 0 Å². The molecule has 0 atom stereocenters. The Morgan fingerprint density at radius 3 is 1.78 bits per heavy atom. The van der Waals surface area contributed by atoms with Gasteiger partial charge in [-0.05, 0) is 88.3 Å². The first kappa shape index (κ1) is 29.1. The molecule has 8 aromatic carbocycles. The zero-order valence-electron chi connectivity index (χ0n) is 26.7. The summed E-state index contributed by atoms with van der Waals surface area (Å²) in [5.41, 5.74) is 11.2. The Morgan fingerprint density at radius 1 is 0.388 bits per heavy atom. The Labute approximate surface area is 290 Å². The minimum Gasteiger partial charge on any atom is -0.310 e. The van der Waals surface area contributed by atoms with Gasteiger partial charge in [0.25, 0.3) is 0 Å². The molecule has 9 rings (SSSR count). The van der Waals surface area contributed by atoms with E-state index >= 15 is 0 Å². The highest BCUT2D eigenvalue weighted by Gasteiger charge is 2.18. The third-order valence-corrected chi connectivity index (χ3v) is 9.61. The molecule has 1 heterocycles. The van der Waals surface area contributed by atoms with Crippen LogP contribution in [0.15, 0.2) is 188 Å². The number of para-hydroxylation sites is 2. The van der Waals surface area contributed by atoms with Crippen molar-refractivity contribution in [3.63, 3.8) is 0 Å². The smallest absolute Gasteiger partial charge is 0.0619 e. The summed E-state index contributed by atoms with van der Waals surface area (Å²) in [6.07, 6.45) is 0. The van der Waals surface area contributed by atoms with Crippen molar-refractivity contribution in [1.82, 2.24) is 4.57 Å². The topological polar surface area (TPSA) is 8.17 Å². The van der Waals surface area contributed by atoms with Gasteiger partial charge in [0.1, 0.15) is 0 Å². The molecule has 0 radical (unpaired) electrons. The van der Waals surface area contributed by atoms with Gasteiger partial charge in [0.2, 0.25) is 0 Å². The lowest BCUT2D eigenvalue weighted by Crippen LogP contribution is -2.10. The highest BCUT2D eigenvalue weighted by Crippen LogP contribution is 2.42. The number of fused-ring (bicyclic) bond motifs is 5. The summed E-state index contributed by atoms with van der Waals surface area (Å²) < 4.78 is 2.41. The molecule has 1 aromatic heterocycles. The van der Waals surface area contributed by atoms with Crippen LogP contribution in [0.3, 0.4) is 0 Å². The second kappa shape index (κ2) is 12.2. The fourth-order valence-electron chi connectivity index (χ4n) is 7.13. The molecule has 0 aliphatic heterocycles. The van der Waals surface area contributed by atoms with Crippen molar-refractivity contribution in [1.29, 1.82) is 0 Å². The van der Waals surface area contributed by atoms with Gasteiger partial charge in [-0.2, -0.15) is 0 Å². The van der Waals surface area contributed by atoms with E-state index in [1.165, 1.54) is 38.2 Å². The molecule has 232 valence electrons. The number of anilines is 3. The molecule has 0 unspecified atom stereocenters. The van der Waals surface area contributed by atoms with E-state index < -0.39 is 0 Å². The van der Waals surface area contributed by atoms with Gasteiger partial charge in [-0.1, -0.05) is 139 Å². The minimum absolute atomic E-state index is 0.684. The third-order valence-electron chi connectivity index (χ3n) is 9.39. The van der Waals surface area contributed by atoms with Crippen LogP contribution in [0.1, 0.15) is 0 Å². The molecule has 0 aliphatic rings. The van der Waals surface area contributed by atoms with E-state index in [1.807, 2.05) is 12.1 Å². The van der Waals surface area contributed by atoms with Gasteiger partial charge in [0, 0.05) is 43.9 Å². The number of rotatable bonds is 6. The maximum atomic E-state index is 6.97. The van der Waals surface area contributed by atoms with Crippen molar-refractivity contribution in [2.75, 3.05) is 4.90 Å². The molecule has 0 saturated heterocycles. The number of benzene rings is 8. The summed E-state index contributed by atoms with van der Waals surface area (Å²) in [5, 5.41) is 5.62. The van der Waals surface area contributed by atoms with Crippen molar-refractivity contribution in [3.8, 4) is 27.9 Å². The first-order chi connectivity index (χ1) is 24.2. The van der Waals surface area contributed by atoms with Crippen LogP contribution in [0.5, 0.6) is 0 Å². The van der Waals surface area contributed by atoms with E-state index in [0.29, 0.717) is 5.02 Å². The Hall–Kier alpha value is -6.09. The number of nitrogens with zero attached hydrogens (tertiary/aromatic N) is 2. The quantitative estimate of drug-likeness (QED) is 0.174. The number of hydrogen-bond acceptors (Lipinski definition) is 1. The zero-order valence-corrected chi connectivity index (χ0v) is 27.4. The van der Waals surface area contributed by atoms with Gasteiger partial charge in [0.15, 0.2) is 0 Å². The maximum absolute atomic E-state index is 6.97. The lowest BCUT2D eigenvalue weighted by molar-refractivity contribution is 1.19. The average Bonchev–Trinajstić information content (AvgIpc) is 3.50. The molecule has 0 bridgehead atoms. The summed E-state index contributed by atoms with van der Waals surface area (Å²) >= 11 is 6.97. The molecule has 0 saturated carbocycles. The fraction of sp³-hybridized carbons (Fsp3) is 0. The summed E-state index contributed by atoms with van der Waals surface area (Å²) in [7, 11) is 0. The van der Waals surface area contributed by atoms with Crippen LogP contribution < -0.4 is 4.90 Å². The molecular formula is C46H31ClN2. The molecule has 49 heavy (non-hydrogen) atoms. The lowest BCUT2D eigenvalue weighted by atomic mass is 10.0. The van der Waals surface area contributed by atoms with E-state index in [4.69, 9.17) is 11.6 Å². The number of aromatic nitrogens is 1. The van der Waals surface area contributed by atoms with Crippen LogP contribution in [0.4, 0.5) is 17.1 Å². The molecule has 0 spiro atoms. The van der Waals surface area contributed by atoms with E-state index in [2.05, 4.69) is 185 Å². The molecule has 0 fully saturated rings. The lowest BCUT2D eigenvalue weighted by Gasteiger charge is -2.26. The van der Waals surface area contributed by atoms with Gasteiger partial charge in [0.05, 0.1) is 11.0 Å². The van der Waals surface area contributed by atoms with Gasteiger partial charge in [-0.25, -0.2) is 0 Å². The number of halogens is 1. The van der Waals surface area contributed by atoms with Gasteiger partial charge >= 0.3 is 0 Å². The third kappa shape index (κ3) is 5.24. The van der Waals surface area contributed by atoms with Crippen molar-refractivity contribution in [2.24, 2.45) is 0 Å². The highest BCUT2D eigenvalue weighted by molar-refractivity contribution is 6.31. The fourth-order valence-corrected chi connectivity index (χ4v) is 7.36. The standard InChI is InChI=1S/C46H31ClN2/c47-37-28-36(29-41(31-37)48(38-15-6-2-7-16-38)40-24-20-33(21-25-40)32-12-4-1-5-13-32)35-23-26-43-44-27-22-34-14-10-11-19-42(34)46(44)49(45(43)30-35)39-17-8-3-9-18-39/h1-31H. The minimum atomic E-state index is 0.684. The largest absolute Gasteiger partial charge is 0.310 e. The molecule has 2 nitrogen and oxygen atoms in total. The Kier molecular flexibility index (Phi) is 7.22. The first-order valence-corrected chi connectivity index (χ1v) is 16.9. The second-order valence-corrected chi connectivity index (χ2v) is 12.8.